The minimum absolute atomic E-state index is 0.869. The summed E-state index contributed by atoms with van der Waals surface area (Å²) in [6, 6.07) is 67.7. The summed E-state index contributed by atoms with van der Waals surface area (Å²) in [4.78, 5) is 0. The van der Waals surface area contributed by atoms with Gasteiger partial charge in [-0.1, -0.05) is 103 Å². The Hall–Kier alpha value is -7.30. The Kier molecular flexibility index (Phi) is 6.02. The molecule has 4 nitrogen and oxygen atoms in total. The number of furan rings is 1. The lowest BCUT2D eigenvalue weighted by atomic mass is 10.00. The van der Waals surface area contributed by atoms with Crippen LogP contribution < -0.4 is 0 Å². The van der Waals surface area contributed by atoms with Crippen LogP contribution in [0.25, 0.3) is 105 Å². The molecule has 0 saturated carbocycles. The summed E-state index contributed by atoms with van der Waals surface area (Å²) in [6.45, 7) is 0. The van der Waals surface area contributed by atoms with Gasteiger partial charge in [0.05, 0.1) is 33.0 Å². The molecular formula is C50H31N3O. The number of benzene rings is 8. The summed E-state index contributed by atoms with van der Waals surface area (Å²) in [5, 5.41) is 8.41. The number of hydrogen-bond donors (Lipinski definition) is 0. The lowest BCUT2D eigenvalue weighted by molar-refractivity contribution is 0.645. The standard InChI is InChI=1S/C50H31N3O/c1-3-13-34(14-4-1)51-45-26-23-32(29-40(45)41-31-36(25-28-46(41)51)52-43-20-10-7-17-37(43)38-18-8-11-21-44(38)52)33-24-27-47-42(30-33)49-39-19-9-12-22-48(39)54-50(49)53(47)35-15-5-2-6-16-35/h1-31H. The third-order valence-electron chi connectivity index (χ3n) is 11.2. The fraction of sp³-hybridized carbons (Fsp3) is 0. The van der Waals surface area contributed by atoms with Crippen LogP contribution in [0.2, 0.25) is 0 Å². The van der Waals surface area contributed by atoms with E-state index in [0.29, 0.717) is 0 Å². The van der Waals surface area contributed by atoms with Crippen molar-refractivity contribution in [2.24, 2.45) is 0 Å². The van der Waals surface area contributed by atoms with Gasteiger partial charge in [0, 0.05) is 49.4 Å². The molecule has 0 fully saturated rings. The van der Waals surface area contributed by atoms with Crippen LogP contribution in [0.15, 0.2) is 192 Å². The van der Waals surface area contributed by atoms with Gasteiger partial charge in [-0.25, -0.2) is 0 Å². The SMILES string of the molecule is c1ccc(-n2c3ccc(-c4ccc5c(c4)c4c6ccccc6oc4n5-c4ccccc4)cc3c3cc(-n4c5ccccc5c5ccccc54)ccc32)cc1. The largest absolute Gasteiger partial charge is 0.439 e. The molecule has 0 aliphatic heterocycles. The van der Waals surface area contributed by atoms with Crippen LogP contribution in [0.3, 0.4) is 0 Å². The number of nitrogens with zero attached hydrogens (tertiary/aromatic N) is 3. The molecular weight excluding hydrogens is 659 g/mol. The van der Waals surface area contributed by atoms with Crippen molar-refractivity contribution in [3.63, 3.8) is 0 Å². The summed E-state index contributed by atoms with van der Waals surface area (Å²) in [5.41, 5.74) is 13.4. The molecule has 4 heteroatoms. The van der Waals surface area contributed by atoms with Crippen LogP contribution in [0.5, 0.6) is 0 Å². The number of aromatic nitrogens is 3. The van der Waals surface area contributed by atoms with Crippen molar-refractivity contribution in [2.45, 2.75) is 0 Å². The van der Waals surface area contributed by atoms with Crippen molar-refractivity contribution in [3.05, 3.63) is 188 Å². The number of para-hydroxylation sites is 5. The molecule has 0 aliphatic rings. The average Bonchev–Trinajstić information content (AvgIpc) is 3.96. The molecule has 4 aromatic heterocycles. The van der Waals surface area contributed by atoms with Crippen molar-refractivity contribution >= 4 is 76.6 Å². The van der Waals surface area contributed by atoms with E-state index in [1.807, 2.05) is 6.07 Å². The summed E-state index contributed by atoms with van der Waals surface area (Å²) in [7, 11) is 0. The number of rotatable bonds is 4. The summed E-state index contributed by atoms with van der Waals surface area (Å²) >= 11 is 0. The van der Waals surface area contributed by atoms with E-state index < -0.39 is 0 Å². The highest BCUT2D eigenvalue weighted by Crippen LogP contribution is 2.42. The van der Waals surface area contributed by atoms with Crippen LogP contribution in [0.4, 0.5) is 0 Å². The van der Waals surface area contributed by atoms with Crippen LogP contribution in [0, 0.1) is 0 Å². The van der Waals surface area contributed by atoms with Gasteiger partial charge >= 0.3 is 0 Å². The predicted molar refractivity (Wildman–Crippen MR) is 225 cm³/mol. The summed E-state index contributed by atoms with van der Waals surface area (Å²) in [6.07, 6.45) is 0. The molecule has 12 aromatic rings. The van der Waals surface area contributed by atoms with Gasteiger partial charge in [0.2, 0.25) is 5.71 Å². The van der Waals surface area contributed by atoms with Crippen molar-refractivity contribution < 1.29 is 4.42 Å². The molecule has 0 spiro atoms. The molecule has 0 atom stereocenters. The second-order valence-electron chi connectivity index (χ2n) is 14.2. The zero-order valence-corrected chi connectivity index (χ0v) is 29.1. The molecule has 0 radical (unpaired) electrons. The predicted octanol–water partition coefficient (Wildman–Crippen LogP) is 13.4. The van der Waals surface area contributed by atoms with Crippen molar-refractivity contribution in [2.75, 3.05) is 0 Å². The first-order valence-corrected chi connectivity index (χ1v) is 18.4. The number of hydrogen-bond acceptors (Lipinski definition) is 1. The minimum Gasteiger partial charge on any atom is -0.439 e. The second kappa shape index (κ2) is 11.1. The lowest BCUT2D eigenvalue weighted by Gasteiger charge is -2.10. The molecule has 12 rings (SSSR count). The molecule has 0 N–H and O–H groups in total. The molecule has 0 unspecified atom stereocenters. The second-order valence-corrected chi connectivity index (χ2v) is 14.2. The Labute approximate surface area is 309 Å². The zero-order chi connectivity index (χ0) is 35.3. The van der Waals surface area contributed by atoms with Gasteiger partial charge in [0.1, 0.15) is 5.58 Å². The topological polar surface area (TPSA) is 27.9 Å². The minimum atomic E-state index is 0.869. The Morgan fingerprint density at radius 3 is 1.43 bits per heavy atom. The molecule has 0 bridgehead atoms. The van der Waals surface area contributed by atoms with Crippen LogP contribution in [0.1, 0.15) is 0 Å². The van der Waals surface area contributed by atoms with E-state index in [1.54, 1.807) is 0 Å². The van der Waals surface area contributed by atoms with E-state index in [2.05, 4.69) is 196 Å². The first-order chi connectivity index (χ1) is 26.8. The van der Waals surface area contributed by atoms with Gasteiger partial charge < -0.3 is 13.6 Å². The van der Waals surface area contributed by atoms with Crippen LogP contribution in [-0.2, 0) is 0 Å². The van der Waals surface area contributed by atoms with Gasteiger partial charge in [-0.15, -0.1) is 0 Å². The first kappa shape index (κ1) is 29.3. The maximum absolute atomic E-state index is 6.57. The molecule has 252 valence electrons. The maximum atomic E-state index is 6.57. The van der Waals surface area contributed by atoms with Gasteiger partial charge in [0.25, 0.3) is 0 Å². The number of fused-ring (bicyclic) bond motifs is 11. The van der Waals surface area contributed by atoms with E-state index >= 15 is 0 Å². The van der Waals surface area contributed by atoms with Crippen molar-refractivity contribution in [1.82, 2.24) is 13.7 Å². The monoisotopic (exact) mass is 689 g/mol. The van der Waals surface area contributed by atoms with E-state index in [0.717, 1.165) is 44.6 Å². The molecule has 54 heavy (non-hydrogen) atoms. The highest BCUT2D eigenvalue weighted by molar-refractivity contribution is 6.21. The Bertz CT molecular complexity index is 3380. The van der Waals surface area contributed by atoms with Gasteiger partial charge in [-0.3, -0.25) is 4.57 Å². The van der Waals surface area contributed by atoms with Crippen LogP contribution in [-0.4, -0.2) is 13.7 Å². The Balaban J connectivity index is 1.12. The lowest BCUT2D eigenvalue weighted by Crippen LogP contribution is -1.95. The van der Waals surface area contributed by atoms with Crippen LogP contribution >= 0.6 is 0 Å². The normalized spacial score (nSPS) is 12.1. The zero-order valence-electron chi connectivity index (χ0n) is 29.1. The highest BCUT2D eigenvalue weighted by Gasteiger charge is 2.21. The quantitative estimate of drug-likeness (QED) is 0.181. The van der Waals surface area contributed by atoms with E-state index in [9.17, 15) is 0 Å². The Morgan fingerprint density at radius 1 is 0.296 bits per heavy atom. The molecule has 0 aliphatic carbocycles. The molecule has 0 saturated heterocycles. The smallest absolute Gasteiger partial charge is 0.213 e. The maximum Gasteiger partial charge on any atom is 0.213 e. The van der Waals surface area contributed by atoms with Crippen molar-refractivity contribution in [1.29, 1.82) is 0 Å². The third kappa shape index (κ3) is 4.08. The molecule has 4 heterocycles. The van der Waals surface area contributed by atoms with Gasteiger partial charge in [0.15, 0.2) is 0 Å². The van der Waals surface area contributed by atoms with Gasteiger partial charge in [-0.05, 0) is 96.1 Å². The van der Waals surface area contributed by atoms with Crippen molar-refractivity contribution in [3.8, 4) is 28.2 Å². The fourth-order valence-electron chi connectivity index (χ4n) is 8.89. The summed E-state index contributed by atoms with van der Waals surface area (Å²) in [5.74, 6) is 0. The average molecular weight is 690 g/mol. The molecule has 8 aromatic carbocycles. The fourth-order valence-corrected chi connectivity index (χ4v) is 8.89. The molecule has 0 amide bonds. The third-order valence-corrected chi connectivity index (χ3v) is 11.2. The Morgan fingerprint density at radius 2 is 0.759 bits per heavy atom. The summed E-state index contributed by atoms with van der Waals surface area (Å²) < 4.78 is 13.6. The van der Waals surface area contributed by atoms with E-state index in [4.69, 9.17) is 4.42 Å². The van der Waals surface area contributed by atoms with E-state index in [-0.39, 0.29) is 0 Å². The van der Waals surface area contributed by atoms with E-state index in [1.165, 1.54) is 60.1 Å². The highest BCUT2D eigenvalue weighted by atomic mass is 16.3. The first-order valence-electron chi connectivity index (χ1n) is 18.4. The van der Waals surface area contributed by atoms with Gasteiger partial charge in [-0.2, -0.15) is 0 Å².